The van der Waals surface area contributed by atoms with Crippen LogP contribution in [-0.4, -0.2) is 99.2 Å². The van der Waals surface area contributed by atoms with Gasteiger partial charge in [-0.3, -0.25) is 9.69 Å². The summed E-state index contributed by atoms with van der Waals surface area (Å²) in [6, 6.07) is 1.61. The molecule has 0 aromatic rings. The smallest absolute Gasteiger partial charge is 0.243 e. The maximum absolute atomic E-state index is 12.0. The minimum absolute atomic E-state index is 0. The van der Waals surface area contributed by atoms with Crippen molar-refractivity contribution in [2.45, 2.75) is 44.2 Å². The maximum Gasteiger partial charge on any atom is 0.243 e. The number of hydrogen-bond donors (Lipinski definition) is 1. The second-order valence-electron chi connectivity index (χ2n) is 8.02. The van der Waals surface area contributed by atoms with Crippen LogP contribution in [0.15, 0.2) is 4.99 Å². The van der Waals surface area contributed by atoms with Gasteiger partial charge >= 0.3 is 0 Å². The van der Waals surface area contributed by atoms with E-state index in [9.17, 15) is 4.79 Å². The van der Waals surface area contributed by atoms with Gasteiger partial charge < -0.3 is 19.9 Å². The molecule has 2 heterocycles. The monoisotopic (exact) mass is 493 g/mol. The maximum atomic E-state index is 12.0. The zero-order chi connectivity index (χ0) is 18.5. The molecule has 0 aromatic heterocycles. The predicted molar refractivity (Wildman–Crippen MR) is 119 cm³/mol. The third kappa shape index (κ3) is 6.19. The van der Waals surface area contributed by atoms with Crippen molar-refractivity contribution in [3.05, 3.63) is 0 Å². The average molecular weight is 493 g/mol. The molecule has 7 nitrogen and oxygen atoms in total. The number of amides is 1. The van der Waals surface area contributed by atoms with Gasteiger partial charge in [0.1, 0.15) is 6.54 Å². The van der Waals surface area contributed by atoms with Crippen molar-refractivity contribution in [2.75, 3.05) is 60.5 Å². The highest BCUT2D eigenvalue weighted by Gasteiger charge is 2.42. The van der Waals surface area contributed by atoms with Gasteiger partial charge in [-0.2, -0.15) is 0 Å². The minimum Gasteiger partial charge on any atom is -0.383 e. The molecule has 0 bridgehead atoms. The molecular weight excluding hydrogens is 457 g/mol. The van der Waals surface area contributed by atoms with Gasteiger partial charge in [0, 0.05) is 52.9 Å². The number of nitrogens with zero attached hydrogens (tertiary/aromatic N) is 4. The van der Waals surface area contributed by atoms with Gasteiger partial charge in [-0.1, -0.05) is 0 Å². The van der Waals surface area contributed by atoms with E-state index in [1.807, 2.05) is 0 Å². The summed E-state index contributed by atoms with van der Waals surface area (Å²) in [7, 11) is 5.25. The van der Waals surface area contributed by atoms with Crippen molar-refractivity contribution in [1.29, 1.82) is 0 Å². The van der Waals surface area contributed by atoms with E-state index in [1.165, 1.54) is 38.6 Å². The number of guanidine groups is 1. The Balaban J connectivity index is 0.00000261. The highest BCUT2D eigenvalue weighted by atomic mass is 127. The zero-order valence-corrected chi connectivity index (χ0v) is 19.4. The summed E-state index contributed by atoms with van der Waals surface area (Å²) < 4.78 is 5.16. The van der Waals surface area contributed by atoms with Gasteiger partial charge in [0.15, 0.2) is 5.96 Å². The SMILES string of the molecule is COCCNC(=NCC(=O)N(C)C)N1CCC2C(CCCN2C2CC2)C1.I. The van der Waals surface area contributed by atoms with E-state index in [2.05, 4.69) is 20.1 Å². The first-order valence-corrected chi connectivity index (χ1v) is 10.1. The summed E-state index contributed by atoms with van der Waals surface area (Å²) in [6.45, 7) is 4.89. The van der Waals surface area contributed by atoms with E-state index >= 15 is 0 Å². The number of likely N-dealkylation sites (tertiary alicyclic amines) is 2. The van der Waals surface area contributed by atoms with Crippen LogP contribution in [0, 0.1) is 5.92 Å². The average Bonchev–Trinajstić information content (AvgIpc) is 3.48. The molecule has 27 heavy (non-hydrogen) atoms. The van der Waals surface area contributed by atoms with E-state index in [1.54, 1.807) is 26.1 Å². The number of rotatable bonds is 6. The molecule has 156 valence electrons. The minimum atomic E-state index is 0. The van der Waals surface area contributed by atoms with E-state index in [0.717, 1.165) is 37.1 Å². The molecule has 1 amide bonds. The lowest BCUT2D eigenvalue weighted by atomic mass is 9.83. The van der Waals surface area contributed by atoms with Gasteiger partial charge in [0.2, 0.25) is 5.91 Å². The van der Waals surface area contributed by atoms with Crippen molar-refractivity contribution >= 4 is 35.8 Å². The highest BCUT2D eigenvalue weighted by molar-refractivity contribution is 14.0. The van der Waals surface area contributed by atoms with Crippen molar-refractivity contribution in [3.63, 3.8) is 0 Å². The number of aliphatic imine (C=N–C) groups is 1. The number of nitrogens with one attached hydrogen (secondary N) is 1. The standard InChI is InChI=1S/C19H35N5O2.HI/c1-22(2)18(25)13-21-19(20-9-12-26-3)23-11-8-17-15(14-23)5-4-10-24(17)16-6-7-16;/h15-17H,4-14H2,1-3H3,(H,20,21);1H. The number of likely N-dealkylation sites (N-methyl/N-ethyl adjacent to an activating group) is 1. The summed E-state index contributed by atoms with van der Waals surface area (Å²) in [4.78, 5) is 23.3. The van der Waals surface area contributed by atoms with E-state index < -0.39 is 0 Å². The number of halogens is 1. The highest BCUT2D eigenvalue weighted by Crippen LogP contribution is 2.38. The lowest BCUT2D eigenvalue weighted by Crippen LogP contribution is -2.57. The van der Waals surface area contributed by atoms with E-state index in [0.29, 0.717) is 13.2 Å². The van der Waals surface area contributed by atoms with Crippen LogP contribution in [0.5, 0.6) is 0 Å². The summed E-state index contributed by atoms with van der Waals surface area (Å²) in [5.41, 5.74) is 0. The molecule has 0 radical (unpaired) electrons. The third-order valence-electron chi connectivity index (χ3n) is 5.88. The Hall–Kier alpha value is -0.610. The Morgan fingerprint density at radius 2 is 2.00 bits per heavy atom. The van der Waals surface area contributed by atoms with Crippen LogP contribution < -0.4 is 5.32 Å². The molecule has 2 aliphatic heterocycles. The molecule has 3 rings (SSSR count). The Morgan fingerprint density at radius 1 is 1.22 bits per heavy atom. The molecule has 0 spiro atoms. The first kappa shape index (κ1) is 22.7. The Bertz CT molecular complexity index is 512. The largest absolute Gasteiger partial charge is 0.383 e. The van der Waals surface area contributed by atoms with Crippen molar-refractivity contribution in [3.8, 4) is 0 Å². The molecule has 2 unspecified atom stereocenters. The summed E-state index contributed by atoms with van der Waals surface area (Å²) in [5, 5.41) is 3.39. The fourth-order valence-electron chi connectivity index (χ4n) is 4.31. The van der Waals surface area contributed by atoms with Crippen LogP contribution in [0.1, 0.15) is 32.1 Å². The van der Waals surface area contributed by atoms with Crippen molar-refractivity contribution < 1.29 is 9.53 Å². The number of ether oxygens (including phenoxy) is 1. The number of carbonyl (C=O) groups excluding carboxylic acids is 1. The Morgan fingerprint density at radius 3 is 2.67 bits per heavy atom. The Kier molecular flexibility index (Phi) is 9.07. The van der Waals surface area contributed by atoms with Gasteiger partial charge in [0.25, 0.3) is 0 Å². The third-order valence-corrected chi connectivity index (χ3v) is 5.88. The van der Waals surface area contributed by atoms with Gasteiger partial charge in [-0.15, -0.1) is 24.0 Å². The van der Waals surface area contributed by atoms with Crippen LogP contribution in [0.2, 0.25) is 0 Å². The molecule has 3 aliphatic rings. The molecule has 1 N–H and O–H groups in total. The Labute approximate surface area is 180 Å². The fraction of sp³-hybridized carbons (Fsp3) is 0.895. The molecule has 3 fully saturated rings. The number of carbonyl (C=O) groups is 1. The topological polar surface area (TPSA) is 60.4 Å². The van der Waals surface area contributed by atoms with Gasteiger partial charge in [0.05, 0.1) is 6.61 Å². The van der Waals surface area contributed by atoms with Crippen molar-refractivity contribution in [2.24, 2.45) is 10.9 Å². The number of hydrogen-bond acceptors (Lipinski definition) is 4. The van der Waals surface area contributed by atoms with Crippen LogP contribution in [-0.2, 0) is 9.53 Å². The summed E-state index contributed by atoms with van der Waals surface area (Å²) in [6.07, 6.45) is 6.62. The van der Waals surface area contributed by atoms with Crippen LogP contribution in [0.25, 0.3) is 0 Å². The quantitative estimate of drug-likeness (QED) is 0.261. The van der Waals surface area contributed by atoms with Crippen LogP contribution in [0.3, 0.4) is 0 Å². The van der Waals surface area contributed by atoms with Crippen LogP contribution in [0.4, 0.5) is 0 Å². The lowest BCUT2D eigenvalue weighted by Gasteiger charge is -2.48. The predicted octanol–water partition coefficient (Wildman–Crippen LogP) is 1.23. The fourth-order valence-corrected chi connectivity index (χ4v) is 4.31. The number of methoxy groups -OCH3 is 1. The molecule has 1 aliphatic carbocycles. The van der Waals surface area contributed by atoms with Crippen molar-refractivity contribution in [1.82, 2.24) is 20.0 Å². The van der Waals surface area contributed by atoms with Crippen LogP contribution >= 0.6 is 24.0 Å². The second-order valence-corrected chi connectivity index (χ2v) is 8.02. The van der Waals surface area contributed by atoms with E-state index in [4.69, 9.17) is 4.74 Å². The molecule has 2 atom stereocenters. The summed E-state index contributed by atoms with van der Waals surface area (Å²) in [5.74, 6) is 1.61. The molecule has 2 saturated heterocycles. The summed E-state index contributed by atoms with van der Waals surface area (Å²) >= 11 is 0. The number of piperidine rings is 2. The van der Waals surface area contributed by atoms with E-state index in [-0.39, 0.29) is 36.4 Å². The van der Waals surface area contributed by atoms with Gasteiger partial charge in [-0.05, 0) is 44.6 Å². The molecule has 1 saturated carbocycles. The first-order valence-electron chi connectivity index (χ1n) is 10.1. The second kappa shape index (κ2) is 10.8. The number of fused-ring (bicyclic) bond motifs is 1. The molecular formula is C19H36IN5O2. The molecule has 0 aromatic carbocycles. The molecule has 8 heteroatoms. The normalized spacial score (nSPS) is 26.2. The van der Waals surface area contributed by atoms with Gasteiger partial charge in [-0.25, -0.2) is 4.99 Å². The first-order chi connectivity index (χ1) is 12.6. The zero-order valence-electron chi connectivity index (χ0n) is 17.0. The lowest BCUT2D eigenvalue weighted by molar-refractivity contribution is -0.127.